The van der Waals surface area contributed by atoms with Crippen LogP contribution in [0.15, 0.2) is 59.5 Å². The number of rotatable bonds is 5. The van der Waals surface area contributed by atoms with Crippen LogP contribution in [0.5, 0.6) is 5.75 Å². The van der Waals surface area contributed by atoms with Crippen LogP contribution in [0.4, 0.5) is 5.69 Å². The number of phenolic OH excluding ortho intramolecular Hbond substituents is 1. The number of anilines is 1. The quantitative estimate of drug-likeness (QED) is 0.145. The molecule has 2 rings (SSSR count). The number of aliphatic hydroxyl groups excluding tert-OH is 1. The lowest BCUT2D eigenvalue weighted by molar-refractivity contribution is -0.124. The molecule has 0 fully saturated rings. The summed E-state index contributed by atoms with van der Waals surface area (Å²) in [6, 6.07) is 13.5. The number of benzene rings is 2. The molecule has 0 aliphatic rings. The van der Waals surface area contributed by atoms with E-state index in [1.807, 2.05) is 6.07 Å². The Kier molecular flexibility index (Phi) is 5.29. The van der Waals surface area contributed by atoms with Gasteiger partial charge in [-0.15, -0.1) is 0 Å². The second-order valence-corrected chi connectivity index (χ2v) is 5.16. The maximum Gasteiger partial charge on any atom is 0.271 e. The van der Waals surface area contributed by atoms with E-state index in [2.05, 4.69) is 4.72 Å². The van der Waals surface area contributed by atoms with Crippen molar-refractivity contribution < 1.29 is 20.2 Å². The predicted molar refractivity (Wildman–Crippen MR) is 84.6 cm³/mol. The average Bonchev–Trinajstić information content (AvgIpc) is 2.54. The predicted octanol–water partition coefficient (Wildman–Crippen LogP) is 2.92. The molecule has 114 valence electrons. The highest BCUT2D eigenvalue weighted by Gasteiger charge is 2.04. The van der Waals surface area contributed by atoms with Crippen molar-refractivity contribution in [2.75, 3.05) is 4.72 Å². The van der Waals surface area contributed by atoms with E-state index in [1.165, 1.54) is 17.4 Å². The molecule has 7 heteroatoms. The molecule has 1 amide bonds. The third-order valence-corrected chi connectivity index (χ3v) is 3.49. The highest BCUT2D eigenvalue weighted by Crippen LogP contribution is 2.24. The van der Waals surface area contributed by atoms with Gasteiger partial charge in [-0.1, -0.05) is 12.1 Å². The zero-order valence-corrected chi connectivity index (χ0v) is 12.2. The number of aromatic hydroxyl groups is 1. The molecule has 0 aliphatic carbocycles. The molecule has 5 N–H and O–H groups in total. The van der Waals surface area contributed by atoms with Gasteiger partial charge in [-0.25, -0.2) is 5.48 Å². The van der Waals surface area contributed by atoms with Crippen LogP contribution in [0.2, 0.25) is 0 Å². The summed E-state index contributed by atoms with van der Waals surface area (Å²) in [5, 5.41) is 27.4. The molecule has 0 heterocycles. The standard InChI is InChI=1S/C15H14N2O4S/c18-12-6-4-11(5-7-12)17-22-13-3-1-2-10(8-13)14(19)9-15(20)16-21/h1-9,17-19,21H,(H,16,20)/b14-9-. The van der Waals surface area contributed by atoms with Gasteiger partial charge in [0.1, 0.15) is 11.5 Å². The van der Waals surface area contributed by atoms with Crippen LogP contribution < -0.4 is 10.2 Å². The van der Waals surface area contributed by atoms with Crippen molar-refractivity contribution in [2.24, 2.45) is 0 Å². The van der Waals surface area contributed by atoms with Crippen molar-refractivity contribution in [1.29, 1.82) is 0 Å². The van der Waals surface area contributed by atoms with Crippen LogP contribution in [-0.2, 0) is 4.79 Å². The minimum Gasteiger partial charge on any atom is -0.508 e. The number of nitrogens with one attached hydrogen (secondary N) is 2. The number of phenols is 1. The Morgan fingerprint density at radius 1 is 1.14 bits per heavy atom. The fourth-order valence-corrected chi connectivity index (χ4v) is 2.31. The van der Waals surface area contributed by atoms with Gasteiger partial charge in [-0.3, -0.25) is 10.0 Å². The molecular formula is C15H14N2O4S. The fourth-order valence-electron chi connectivity index (χ4n) is 1.61. The van der Waals surface area contributed by atoms with E-state index in [-0.39, 0.29) is 11.5 Å². The highest BCUT2D eigenvalue weighted by molar-refractivity contribution is 8.00. The van der Waals surface area contributed by atoms with E-state index < -0.39 is 5.91 Å². The monoisotopic (exact) mass is 318 g/mol. The van der Waals surface area contributed by atoms with E-state index in [4.69, 9.17) is 5.21 Å². The molecule has 6 nitrogen and oxygen atoms in total. The van der Waals surface area contributed by atoms with E-state index in [0.29, 0.717) is 5.56 Å². The van der Waals surface area contributed by atoms with Crippen molar-refractivity contribution >= 4 is 29.3 Å². The van der Waals surface area contributed by atoms with Crippen molar-refractivity contribution in [3.05, 3.63) is 60.2 Å². The molecule has 0 saturated carbocycles. The molecule has 22 heavy (non-hydrogen) atoms. The van der Waals surface area contributed by atoms with E-state index in [9.17, 15) is 15.0 Å². The molecule has 0 unspecified atom stereocenters. The number of carbonyl (C=O) groups excluding carboxylic acids is 1. The first kappa shape index (κ1) is 15.7. The summed E-state index contributed by atoms with van der Waals surface area (Å²) in [5.74, 6) is -0.869. The Hall–Kier alpha value is -2.64. The number of hydrogen-bond acceptors (Lipinski definition) is 6. The molecule has 0 radical (unpaired) electrons. The second-order valence-electron chi connectivity index (χ2n) is 4.28. The lowest BCUT2D eigenvalue weighted by atomic mass is 10.2. The molecular weight excluding hydrogens is 304 g/mol. The molecule has 0 aliphatic heterocycles. The zero-order valence-electron chi connectivity index (χ0n) is 11.4. The largest absolute Gasteiger partial charge is 0.508 e. The summed E-state index contributed by atoms with van der Waals surface area (Å²) in [4.78, 5) is 11.8. The topological polar surface area (TPSA) is 102 Å². The number of aliphatic hydroxyl groups is 1. The minimum absolute atomic E-state index is 0.190. The van der Waals surface area contributed by atoms with E-state index in [1.54, 1.807) is 42.5 Å². The van der Waals surface area contributed by atoms with Crippen LogP contribution in [0.3, 0.4) is 0 Å². The summed E-state index contributed by atoms with van der Waals surface area (Å²) in [6.45, 7) is 0. The van der Waals surface area contributed by atoms with Gasteiger partial charge in [0.25, 0.3) is 5.91 Å². The van der Waals surface area contributed by atoms with Crippen LogP contribution in [0, 0.1) is 0 Å². The van der Waals surface area contributed by atoms with Gasteiger partial charge in [0.2, 0.25) is 0 Å². The van der Waals surface area contributed by atoms with E-state index >= 15 is 0 Å². The normalized spacial score (nSPS) is 11.0. The van der Waals surface area contributed by atoms with E-state index in [0.717, 1.165) is 16.7 Å². The van der Waals surface area contributed by atoms with Gasteiger partial charge in [0.05, 0.1) is 0 Å². The first-order valence-electron chi connectivity index (χ1n) is 6.25. The molecule has 0 aromatic heterocycles. The number of carbonyl (C=O) groups is 1. The Morgan fingerprint density at radius 3 is 2.55 bits per heavy atom. The van der Waals surface area contributed by atoms with Crippen molar-refractivity contribution in [2.45, 2.75) is 4.90 Å². The Morgan fingerprint density at radius 2 is 1.86 bits per heavy atom. The van der Waals surface area contributed by atoms with Crippen LogP contribution in [0.1, 0.15) is 5.56 Å². The van der Waals surface area contributed by atoms with Gasteiger partial charge < -0.3 is 14.9 Å². The van der Waals surface area contributed by atoms with Crippen LogP contribution >= 0.6 is 11.9 Å². The van der Waals surface area contributed by atoms with Gasteiger partial charge in [0.15, 0.2) is 0 Å². The van der Waals surface area contributed by atoms with Gasteiger partial charge in [-0.2, -0.15) is 0 Å². The van der Waals surface area contributed by atoms with Crippen molar-refractivity contribution in [3.63, 3.8) is 0 Å². The molecule has 0 atom stereocenters. The SMILES string of the molecule is O=C(/C=C(\O)c1cccc(SNc2ccc(O)cc2)c1)NO. The molecule has 0 spiro atoms. The molecule has 2 aromatic rings. The first-order valence-corrected chi connectivity index (χ1v) is 7.07. The van der Waals surface area contributed by atoms with Gasteiger partial charge in [-0.05, 0) is 48.3 Å². The molecule has 0 saturated heterocycles. The maximum absolute atomic E-state index is 11.0. The zero-order chi connectivity index (χ0) is 15.9. The number of hydrogen-bond donors (Lipinski definition) is 5. The number of amides is 1. The lowest BCUT2D eigenvalue weighted by Gasteiger charge is -2.07. The van der Waals surface area contributed by atoms with Crippen LogP contribution in [0.25, 0.3) is 5.76 Å². The Bertz CT molecular complexity index is 686. The van der Waals surface area contributed by atoms with Gasteiger partial charge in [0, 0.05) is 22.2 Å². The number of hydroxylamine groups is 1. The molecule has 0 bridgehead atoms. The third kappa shape index (κ3) is 4.44. The highest BCUT2D eigenvalue weighted by atomic mass is 32.2. The smallest absolute Gasteiger partial charge is 0.271 e. The summed E-state index contributed by atoms with van der Waals surface area (Å²) >= 11 is 1.32. The Balaban J connectivity index is 2.06. The first-order chi connectivity index (χ1) is 10.6. The maximum atomic E-state index is 11.0. The van der Waals surface area contributed by atoms with Crippen molar-refractivity contribution in [3.8, 4) is 5.75 Å². The summed E-state index contributed by atoms with van der Waals surface area (Å²) < 4.78 is 3.09. The fraction of sp³-hybridized carbons (Fsp3) is 0. The lowest BCUT2D eigenvalue weighted by Crippen LogP contribution is -2.15. The minimum atomic E-state index is -0.808. The second kappa shape index (κ2) is 7.39. The van der Waals surface area contributed by atoms with Crippen molar-refractivity contribution in [1.82, 2.24) is 5.48 Å². The average molecular weight is 318 g/mol. The van der Waals surface area contributed by atoms with Crippen LogP contribution in [-0.4, -0.2) is 21.3 Å². The third-order valence-electron chi connectivity index (χ3n) is 2.66. The molecule has 2 aromatic carbocycles. The summed E-state index contributed by atoms with van der Waals surface area (Å²) in [6.07, 6.45) is 0.886. The summed E-state index contributed by atoms with van der Waals surface area (Å²) in [7, 11) is 0. The summed E-state index contributed by atoms with van der Waals surface area (Å²) in [5.41, 5.74) is 2.68. The Labute approximate surface area is 131 Å². The van der Waals surface area contributed by atoms with Gasteiger partial charge >= 0.3 is 0 Å².